The number of nitrogens with zero attached hydrogens (tertiary/aromatic N) is 3. The molecule has 2 fully saturated rings. The van der Waals surface area contributed by atoms with Crippen LogP contribution in [0, 0.1) is 5.41 Å². The van der Waals surface area contributed by atoms with Gasteiger partial charge in [0.15, 0.2) is 0 Å². The van der Waals surface area contributed by atoms with E-state index < -0.39 is 0 Å². The van der Waals surface area contributed by atoms with Crippen LogP contribution >= 0.6 is 0 Å². The van der Waals surface area contributed by atoms with Gasteiger partial charge < -0.3 is 10.2 Å². The van der Waals surface area contributed by atoms with Crippen LogP contribution in [-0.2, 0) is 0 Å². The van der Waals surface area contributed by atoms with Gasteiger partial charge in [-0.3, -0.25) is 0 Å². The number of likely N-dealkylation sites (tertiary alicyclic amines) is 1. The number of hydrogen-bond donors (Lipinski definition) is 1. The van der Waals surface area contributed by atoms with E-state index in [1.54, 1.807) is 12.5 Å². The molecule has 126 valence electrons. The number of piperidine rings is 1. The van der Waals surface area contributed by atoms with Gasteiger partial charge in [0.05, 0.1) is 0 Å². The van der Waals surface area contributed by atoms with E-state index in [9.17, 15) is 4.79 Å². The third-order valence-corrected chi connectivity index (χ3v) is 5.62. The highest BCUT2D eigenvalue weighted by Crippen LogP contribution is 2.40. The second-order valence-corrected chi connectivity index (χ2v) is 7.40. The van der Waals surface area contributed by atoms with Gasteiger partial charge in [-0.2, -0.15) is 0 Å². The van der Waals surface area contributed by atoms with Crippen LogP contribution in [0.25, 0.3) is 0 Å². The summed E-state index contributed by atoms with van der Waals surface area (Å²) in [6.07, 6.45) is 11.8. The van der Waals surface area contributed by atoms with Crippen molar-refractivity contribution in [2.24, 2.45) is 5.41 Å². The molecule has 0 aromatic carbocycles. The van der Waals surface area contributed by atoms with E-state index >= 15 is 0 Å². The fraction of sp³-hybridized carbons (Fsp3) is 0.722. The fourth-order valence-electron chi connectivity index (χ4n) is 3.98. The molecule has 1 aromatic heterocycles. The second-order valence-electron chi connectivity index (χ2n) is 7.40. The zero-order valence-electron chi connectivity index (χ0n) is 14.1. The predicted octanol–water partition coefficient (Wildman–Crippen LogP) is 3.34. The Morgan fingerprint density at radius 1 is 1.35 bits per heavy atom. The van der Waals surface area contributed by atoms with E-state index in [-0.39, 0.29) is 6.03 Å². The minimum Gasteiger partial charge on any atom is -0.338 e. The normalized spacial score (nSPS) is 21.3. The molecule has 1 aromatic rings. The summed E-state index contributed by atoms with van der Waals surface area (Å²) in [7, 11) is 0. The van der Waals surface area contributed by atoms with E-state index in [1.165, 1.54) is 25.7 Å². The SMILES string of the molecule is CC1(CCNC(=O)N2CCC(c3ccncn3)CC2)CCCC1. The molecule has 1 N–H and O–H groups in total. The van der Waals surface area contributed by atoms with Gasteiger partial charge in [-0.1, -0.05) is 19.8 Å². The van der Waals surface area contributed by atoms with Crippen molar-refractivity contribution in [3.8, 4) is 0 Å². The summed E-state index contributed by atoms with van der Waals surface area (Å²) in [5.41, 5.74) is 1.56. The molecule has 1 saturated heterocycles. The molecule has 2 heterocycles. The molecule has 2 amide bonds. The topological polar surface area (TPSA) is 58.1 Å². The first kappa shape index (κ1) is 16.2. The van der Waals surface area contributed by atoms with E-state index in [1.807, 2.05) is 11.0 Å². The summed E-state index contributed by atoms with van der Waals surface area (Å²) in [5.74, 6) is 0.458. The summed E-state index contributed by atoms with van der Waals surface area (Å²) in [6.45, 7) is 4.80. The van der Waals surface area contributed by atoms with Crippen molar-refractivity contribution in [2.75, 3.05) is 19.6 Å². The van der Waals surface area contributed by atoms with Crippen LogP contribution in [0.15, 0.2) is 18.6 Å². The van der Waals surface area contributed by atoms with Gasteiger partial charge in [0.25, 0.3) is 0 Å². The molecular weight excluding hydrogens is 288 g/mol. The monoisotopic (exact) mass is 316 g/mol. The number of aromatic nitrogens is 2. The Balaban J connectivity index is 1.40. The highest BCUT2D eigenvalue weighted by atomic mass is 16.2. The van der Waals surface area contributed by atoms with Crippen LogP contribution in [0.1, 0.15) is 63.5 Å². The minimum absolute atomic E-state index is 0.104. The highest BCUT2D eigenvalue weighted by molar-refractivity contribution is 5.74. The molecule has 0 radical (unpaired) electrons. The molecule has 2 aliphatic rings. The molecule has 3 rings (SSSR count). The minimum atomic E-state index is 0.104. The van der Waals surface area contributed by atoms with E-state index in [4.69, 9.17) is 0 Å². The van der Waals surface area contributed by atoms with Crippen molar-refractivity contribution in [1.29, 1.82) is 0 Å². The van der Waals surface area contributed by atoms with Crippen LogP contribution in [0.3, 0.4) is 0 Å². The van der Waals surface area contributed by atoms with Crippen molar-refractivity contribution in [2.45, 2.75) is 57.8 Å². The Labute approximate surface area is 138 Å². The summed E-state index contributed by atoms with van der Waals surface area (Å²) in [4.78, 5) is 22.6. The van der Waals surface area contributed by atoms with E-state index in [2.05, 4.69) is 22.2 Å². The number of rotatable bonds is 4. The van der Waals surface area contributed by atoms with Gasteiger partial charge in [0.1, 0.15) is 6.33 Å². The van der Waals surface area contributed by atoms with Gasteiger partial charge in [0, 0.05) is 37.4 Å². The summed E-state index contributed by atoms with van der Waals surface area (Å²) in [5, 5.41) is 3.12. The van der Waals surface area contributed by atoms with Gasteiger partial charge in [-0.15, -0.1) is 0 Å². The average Bonchev–Trinajstić information content (AvgIpc) is 3.02. The van der Waals surface area contributed by atoms with Crippen molar-refractivity contribution in [3.05, 3.63) is 24.3 Å². The zero-order valence-corrected chi connectivity index (χ0v) is 14.1. The Kier molecular flexibility index (Phi) is 5.13. The summed E-state index contributed by atoms with van der Waals surface area (Å²) < 4.78 is 0. The van der Waals surface area contributed by atoms with Gasteiger partial charge in [-0.25, -0.2) is 14.8 Å². The van der Waals surface area contributed by atoms with Gasteiger partial charge in [0.2, 0.25) is 0 Å². The summed E-state index contributed by atoms with van der Waals surface area (Å²) in [6, 6.07) is 2.09. The Bertz CT molecular complexity index is 505. The lowest BCUT2D eigenvalue weighted by atomic mass is 9.85. The first-order valence-corrected chi connectivity index (χ1v) is 8.95. The number of nitrogens with one attached hydrogen (secondary N) is 1. The number of hydrogen-bond acceptors (Lipinski definition) is 3. The van der Waals surface area contributed by atoms with Crippen LogP contribution in [-0.4, -0.2) is 40.5 Å². The molecule has 23 heavy (non-hydrogen) atoms. The quantitative estimate of drug-likeness (QED) is 0.927. The Hall–Kier alpha value is -1.65. The van der Waals surface area contributed by atoms with Crippen LogP contribution < -0.4 is 5.32 Å². The Morgan fingerprint density at radius 3 is 2.74 bits per heavy atom. The van der Waals surface area contributed by atoms with E-state index in [0.717, 1.165) is 44.6 Å². The first-order valence-electron chi connectivity index (χ1n) is 8.95. The number of carbonyl (C=O) groups is 1. The molecule has 5 nitrogen and oxygen atoms in total. The third kappa shape index (κ3) is 4.21. The predicted molar refractivity (Wildman–Crippen MR) is 90.2 cm³/mol. The number of urea groups is 1. The highest BCUT2D eigenvalue weighted by Gasteiger charge is 2.29. The average molecular weight is 316 g/mol. The molecule has 1 aliphatic carbocycles. The van der Waals surface area contributed by atoms with Crippen molar-refractivity contribution in [1.82, 2.24) is 20.2 Å². The van der Waals surface area contributed by atoms with Gasteiger partial charge in [-0.05, 0) is 43.6 Å². The standard InChI is InChI=1S/C18H28N4O/c1-18(7-2-3-8-18)9-11-20-17(23)22-12-5-15(6-13-22)16-4-10-19-14-21-16/h4,10,14-15H,2-3,5-9,11-13H2,1H3,(H,20,23). The van der Waals surface area contributed by atoms with E-state index in [0.29, 0.717) is 11.3 Å². The zero-order chi connectivity index (χ0) is 16.1. The van der Waals surface area contributed by atoms with Crippen molar-refractivity contribution in [3.63, 3.8) is 0 Å². The fourth-order valence-corrected chi connectivity index (χ4v) is 3.98. The van der Waals surface area contributed by atoms with Crippen LogP contribution in [0.5, 0.6) is 0 Å². The third-order valence-electron chi connectivity index (χ3n) is 5.62. The smallest absolute Gasteiger partial charge is 0.317 e. The molecule has 0 unspecified atom stereocenters. The largest absolute Gasteiger partial charge is 0.338 e. The molecule has 1 aliphatic heterocycles. The van der Waals surface area contributed by atoms with Gasteiger partial charge >= 0.3 is 6.03 Å². The lowest BCUT2D eigenvalue weighted by Crippen LogP contribution is -2.44. The lowest BCUT2D eigenvalue weighted by molar-refractivity contribution is 0.178. The number of amides is 2. The Morgan fingerprint density at radius 2 is 2.09 bits per heavy atom. The van der Waals surface area contributed by atoms with Crippen LogP contribution in [0.4, 0.5) is 4.79 Å². The molecule has 0 atom stereocenters. The molecule has 0 bridgehead atoms. The molecule has 1 saturated carbocycles. The molecule has 5 heteroatoms. The summed E-state index contributed by atoms with van der Waals surface area (Å²) >= 11 is 0. The molecule has 0 spiro atoms. The molecular formula is C18H28N4O. The maximum Gasteiger partial charge on any atom is 0.317 e. The second kappa shape index (κ2) is 7.28. The van der Waals surface area contributed by atoms with Crippen molar-refractivity contribution >= 4 is 6.03 Å². The maximum atomic E-state index is 12.3. The van der Waals surface area contributed by atoms with Crippen molar-refractivity contribution < 1.29 is 4.79 Å². The number of carbonyl (C=O) groups excluding carboxylic acids is 1. The lowest BCUT2D eigenvalue weighted by Gasteiger charge is -2.32. The first-order chi connectivity index (χ1) is 11.2. The van der Waals surface area contributed by atoms with Crippen LogP contribution in [0.2, 0.25) is 0 Å². The maximum absolute atomic E-state index is 12.3.